The van der Waals surface area contributed by atoms with Crippen LogP contribution in [0.4, 0.5) is 4.39 Å². The van der Waals surface area contributed by atoms with Crippen molar-refractivity contribution in [1.82, 2.24) is 0 Å². The topological polar surface area (TPSA) is 49.7 Å². The highest BCUT2D eigenvalue weighted by Crippen LogP contribution is 2.08. The van der Waals surface area contributed by atoms with Crippen LogP contribution >= 0.6 is 0 Å². The van der Waals surface area contributed by atoms with E-state index in [1.165, 1.54) is 12.1 Å². The molecule has 0 heterocycles. The minimum absolute atomic E-state index is 0.163. The quantitative estimate of drug-likeness (QED) is 0.786. The van der Waals surface area contributed by atoms with Crippen LogP contribution in [0.1, 0.15) is 17.5 Å². The van der Waals surface area contributed by atoms with Gasteiger partial charge in [-0.2, -0.15) is 0 Å². The van der Waals surface area contributed by atoms with Gasteiger partial charge in [-0.15, -0.1) is 0 Å². The standard InChI is InChI=1S/C19H21FO3/c20-17-9-6-15(7-10-17)8-11-18(21)12-19(22)14-23-13-16-4-2-1-3-5-16/h1-11,18-19,21-22H,12-14H2/b11-8+/t18?,19-/m1/s1. The Morgan fingerprint density at radius 3 is 2.39 bits per heavy atom. The molecule has 0 amide bonds. The summed E-state index contributed by atoms with van der Waals surface area (Å²) in [6.07, 6.45) is 1.93. The molecule has 0 aliphatic carbocycles. The number of benzene rings is 2. The fourth-order valence-corrected chi connectivity index (χ4v) is 2.11. The van der Waals surface area contributed by atoms with Gasteiger partial charge in [0.05, 0.1) is 25.4 Å². The van der Waals surface area contributed by atoms with Crippen molar-refractivity contribution in [2.24, 2.45) is 0 Å². The van der Waals surface area contributed by atoms with Crippen molar-refractivity contribution >= 4 is 6.08 Å². The molecule has 0 saturated heterocycles. The van der Waals surface area contributed by atoms with Crippen LogP contribution in [0, 0.1) is 5.82 Å². The molecule has 2 N–H and O–H groups in total. The minimum atomic E-state index is -0.782. The summed E-state index contributed by atoms with van der Waals surface area (Å²) in [6, 6.07) is 15.7. The van der Waals surface area contributed by atoms with E-state index in [-0.39, 0.29) is 18.8 Å². The van der Waals surface area contributed by atoms with Gasteiger partial charge in [0.25, 0.3) is 0 Å². The highest BCUT2D eigenvalue weighted by Gasteiger charge is 2.09. The Labute approximate surface area is 135 Å². The molecule has 2 atom stereocenters. The number of hydrogen-bond donors (Lipinski definition) is 2. The van der Waals surface area contributed by atoms with Crippen LogP contribution in [0.25, 0.3) is 6.08 Å². The zero-order valence-corrected chi connectivity index (χ0v) is 12.8. The lowest BCUT2D eigenvalue weighted by atomic mass is 10.1. The molecule has 2 aromatic carbocycles. The zero-order valence-electron chi connectivity index (χ0n) is 12.8. The molecule has 0 bridgehead atoms. The fraction of sp³-hybridized carbons (Fsp3) is 0.263. The van der Waals surface area contributed by atoms with Crippen LogP contribution in [-0.4, -0.2) is 29.0 Å². The first-order valence-corrected chi connectivity index (χ1v) is 7.55. The molecule has 0 radical (unpaired) electrons. The number of rotatable bonds is 8. The summed E-state index contributed by atoms with van der Waals surface area (Å²) in [5, 5.41) is 19.7. The summed E-state index contributed by atoms with van der Waals surface area (Å²) in [7, 11) is 0. The first-order chi connectivity index (χ1) is 11.1. The van der Waals surface area contributed by atoms with Crippen molar-refractivity contribution in [3.05, 3.63) is 77.6 Å². The van der Waals surface area contributed by atoms with Gasteiger partial charge in [-0.1, -0.05) is 54.6 Å². The van der Waals surface area contributed by atoms with Gasteiger partial charge in [0.15, 0.2) is 0 Å². The van der Waals surface area contributed by atoms with Gasteiger partial charge >= 0.3 is 0 Å². The minimum Gasteiger partial charge on any atom is -0.391 e. The predicted octanol–water partition coefficient (Wildman–Crippen LogP) is 3.17. The zero-order chi connectivity index (χ0) is 16.5. The summed E-state index contributed by atoms with van der Waals surface area (Å²) in [6.45, 7) is 0.593. The Balaban J connectivity index is 1.69. The van der Waals surface area contributed by atoms with Gasteiger partial charge in [0.1, 0.15) is 5.82 Å². The van der Waals surface area contributed by atoms with Crippen LogP contribution in [-0.2, 0) is 11.3 Å². The second-order valence-electron chi connectivity index (χ2n) is 5.37. The molecule has 0 aromatic heterocycles. The van der Waals surface area contributed by atoms with Crippen molar-refractivity contribution in [3.63, 3.8) is 0 Å². The predicted molar refractivity (Wildman–Crippen MR) is 88.2 cm³/mol. The van der Waals surface area contributed by atoms with Crippen LogP contribution < -0.4 is 0 Å². The van der Waals surface area contributed by atoms with E-state index in [1.807, 2.05) is 30.3 Å². The lowest BCUT2D eigenvalue weighted by Gasteiger charge is -2.13. The van der Waals surface area contributed by atoms with Crippen molar-refractivity contribution < 1.29 is 19.3 Å². The van der Waals surface area contributed by atoms with E-state index < -0.39 is 12.2 Å². The molecule has 23 heavy (non-hydrogen) atoms. The normalized spacial score (nSPS) is 14.0. The number of aliphatic hydroxyl groups is 2. The maximum atomic E-state index is 12.8. The second kappa shape index (κ2) is 9.20. The lowest BCUT2D eigenvalue weighted by Crippen LogP contribution is -2.21. The second-order valence-corrected chi connectivity index (χ2v) is 5.37. The third-order valence-corrected chi connectivity index (χ3v) is 3.32. The smallest absolute Gasteiger partial charge is 0.123 e. The van der Waals surface area contributed by atoms with E-state index in [1.54, 1.807) is 24.3 Å². The van der Waals surface area contributed by atoms with Crippen molar-refractivity contribution in [2.75, 3.05) is 6.61 Å². The molecule has 2 aromatic rings. The van der Waals surface area contributed by atoms with E-state index >= 15 is 0 Å². The lowest BCUT2D eigenvalue weighted by molar-refractivity contribution is 0.00849. The summed E-state index contributed by atoms with van der Waals surface area (Å²) >= 11 is 0. The highest BCUT2D eigenvalue weighted by molar-refractivity contribution is 5.49. The Bertz CT molecular complexity index is 596. The van der Waals surface area contributed by atoms with Gasteiger partial charge < -0.3 is 14.9 Å². The van der Waals surface area contributed by atoms with Gasteiger partial charge in [0.2, 0.25) is 0 Å². The number of aliphatic hydroxyl groups excluding tert-OH is 2. The Morgan fingerprint density at radius 2 is 1.70 bits per heavy atom. The van der Waals surface area contributed by atoms with Crippen LogP contribution in [0.3, 0.4) is 0 Å². The van der Waals surface area contributed by atoms with Gasteiger partial charge in [0, 0.05) is 6.42 Å². The molecule has 0 saturated carbocycles. The number of hydrogen-bond acceptors (Lipinski definition) is 3. The van der Waals surface area contributed by atoms with E-state index in [9.17, 15) is 14.6 Å². The molecule has 2 rings (SSSR count). The van der Waals surface area contributed by atoms with Gasteiger partial charge in [-0.25, -0.2) is 4.39 Å². The van der Waals surface area contributed by atoms with Crippen molar-refractivity contribution in [3.8, 4) is 0 Å². The summed E-state index contributed by atoms with van der Waals surface area (Å²) in [5.41, 5.74) is 1.83. The monoisotopic (exact) mass is 316 g/mol. The van der Waals surface area contributed by atoms with Crippen LogP contribution in [0.2, 0.25) is 0 Å². The van der Waals surface area contributed by atoms with Crippen LogP contribution in [0.5, 0.6) is 0 Å². The van der Waals surface area contributed by atoms with E-state index in [2.05, 4.69) is 0 Å². The Hall–Kier alpha value is -2.01. The van der Waals surface area contributed by atoms with Gasteiger partial charge in [-0.05, 0) is 23.3 Å². The largest absolute Gasteiger partial charge is 0.391 e. The fourth-order valence-electron chi connectivity index (χ4n) is 2.11. The molecule has 4 heteroatoms. The molecular formula is C19H21FO3. The Kier molecular flexibility index (Phi) is 6.94. The van der Waals surface area contributed by atoms with Crippen molar-refractivity contribution in [2.45, 2.75) is 25.2 Å². The maximum absolute atomic E-state index is 12.8. The third-order valence-electron chi connectivity index (χ3n) is 3.32. The average molecular weight is 316 g/mol. The summed E-state index contributed by atoms with van der Waals surface area (Å²) in [5.74, 6) is -0.298. The average Bonchev–Trinajstić information content (AvgIpc) is 2.55. The molecule has 3 nitrogen and oxygen atoms in total. The van der Waals surface area contributed by atoms with Crippen LogP contribution in [0.15, 0.2) is 60.7 Å². The summed E-state index contributed by atoms with van der Waals surface area (Å²) in [4.78, 5) is 0. The molecule has 0 spiro atoms. The molecule has 122 valence electrons. The van der Waals surface area contributed by atoms with Crippen molar-refractivity contribution in [1.29, 1.82) is 0 Å². The third kappa shape index (κ3) is 6.74. The summed E-state index contributed by atoms with van der Waals surface area (Å²) < 4.78 is 18.2. The first-order valence-electron chi connectivity index (χ1n) is 7.55. The molecule has 0 fully saturated rings. The number of ether oxygens (including phenoxy) is 1. The van der Waals surface area contributed by atoms with E-state index in [4.69, 9.17) is 4.74 Å². The SMILES string of the molecule is OC(/C=C/c1ccc(F)cc1)C[C@@H](O)COCc1ccccc1. The molecular weight excluding hydrogens is 295 g/mol. The highest BCUT2D eigenvalue weighted by atomic mass is 19.1. The molecule has 0 aliphatic heterocycles. The van der Waals surface area contributed by atoms with E-state index in [0.717, 1.165) is 11.1 Å². The first kappa shape index (κ1) is 17.3. The van der Waals surface area contributed by atoms with Gasteiger partial charge in [-0.3, -0.25) is 0 Å². The number of halogens is 1. The molecule has 1 unspecified atom stereocenters. The van der Waals surface area contributed by atoms with E-state index in [0.29, 0.717) is 6.61 Å². The Morgan fingerprint density at radius 1 is 1.00 bits per heavy atom. The molecule has 0 aliphatic rings. The maximum Gasteiger partial charge on any atom is 0.123 e.